The molecule has 0 bridgehead atoms. The van der Waals surface area contributed by atoms with Gasteiger partial charge in [-0.2, -0.15) is 0 Å². The van der Waals surface area contributed by atoms with Gasteiger partial charge >= 0.3 is 0 Å². The van der Waals surface area contributed by atoms with E-state index in [1.54, 1.807) is 18.3 Å². The molecule has 1 aliphatic carbocycles. The first-order valence-corrected chi connectivity index (χ1v) is 6.52. The molecule has 1 heterocycles. The van der Waals surface area contributed by atoms with Crippen LogP contribution in [0.2, 0.25) is 0 Å². The number of nitrogens with one attached hydrogen (secondary N) is 1. The topological polar surface area (TPSA) is 51.2 Å². The van der Waals surface area contributed by atoms with Gasteiger partial charge in [-0.3, -0.25) is 4.79 Å². The number of carbonyl (C=O) groups excluding carboxylic acids is 1. The van der Waals surface area contributed by atoms with Crippen LogP contribution in [0, 0.1) is 0 Å². The van der Waals surface area contributed by atoms with Crippen molar-refractivity contribution in [3.63, 3.8) is 0 Å². The van der Waals surface area contributed by atoms with Crippen LogP contribution in [0.4, 0.5) is 0 Å². The summed E-state index contributed by atoms with van der Waals surface area (Å²) < 4.78 is 6.12. The zero-order valence-electron chi connectivity index (χ0n) is 9.65. The van der Waals surface area contributed by atoms with Crippen molar-refractivity contribution in [1.29, 1.82) is 0 Å². The van der Waals surface area contributed by atoms with E-state index >= 15 is 0 Å². The maximum Gasteiger partial charge on any atom is 0.251 e. The van der Waals surface area contributed by atoms with E-state index in [-0.39, 0.29) is 11.9 Å². The molecule has 1 N–H and O–H groups in total. The second kappa shape index (κ2) is 5.60. The highest BCUT2D eigenvalue weighted by molar-refractivity contribution is 9.10. The molecule has 0 saturated heterocycles. The van der Waals surface area contributed by atoms with E-state index < -0.39 is 0 Å². The zero-order chi connectivity index (χ0) is 12.3. The van der Waals surface area contributed by atoms with Gasteiger partial charge in [-0.25, -0.2) is 4.98 Å². The van der Waals surface area contributed by atoms with Crippen LogP contribution in [0.3, 0.4) is 0 Å². The lowest BCUT2D eigenvalue weighted by molar-refractivity contribution is -0.00862. The second-order valence-corrected chi connectivity index (χ2v) is 4.90. The fourth-order valence-electron chi connectivity index (χ4n) is 1.87. The Hall–Kier alpha value is -0.940. The molecule has 0 aromatic carbocycles. The minimum absolute atomic E-state index is 0.0481. The van der Waals surface area contributed by atoms with Gasteiger partial charge in [0, 0.05) is 24.4 Å². The molecule has 0 atom stereocenters. The third kappa shape index (κ3) is 3.26. The number of hydrogen-bond acceptors (Lipinski definition) is 3. The average molecular weight is 299 g/mol. The van der Waals surface area contributed by atoms with Crippen molar-refractivity contribution in [2.75, 3.05) is 6.61 Å². The average Bonchev–Trinajstić information content (AvgIpc) is 2.26. The first-order chi connectivity index (χ1) is 8.19. The molecule has 5 heteroatoms. The highest BCUT2D eigenvalue weighted by Crippen LogP contribution is 2.23. The molecule has 4 nitrogen and oxygen atoms in total. The standard InChI is InChI=1S/C12H15BrN2O2/c1-2-17-10-6-9(7-10)15-12(16)8-3-4-14-11(13)5-8/h3-5,9-10H,2,6-7H2,1H3,(H,15,16). The van der Waals surface area contributed by atoms with Crippen molar-refractivity contribution in [3.8, 4) is 0 Å². The summed E-state index contributed by atoms with van der Waals surface area (Å²) in [5, 5.41) is 2.98. The van der Waals surface area contributed by atoms with Crippen molar-refractivity contribution in [1.82, 2.24) is 10.3 Å². The van der Waals surface area contributed by atoms with E-state index in [2.05, 4.69) is 26.2 Å². The van der Waals surface area contributed by atoms with Gasteiger partial charge in [0.25, 0.3) is 5.91 Å². The van der Waals surface area contributed by atoms with Gasteiger partial charge in [0.2, 0.25) is 0 Å². The van der Waals surface area contributed by atoms with Gasteiger partial charge in [-0.05, 0) is 47.8 Å². The highest BCUT2D eigenvalue weighted by atomic mass is 79.9. The third-order valence-corrected chi connectivity index (χ3v) is 3.25. The first-order valence-electron chi connectivity index (χ1n) is 5.73. The molecule has 0 aliphatic heterocycles. The number of pyridine rings is 1. The van der Waals surface area contributed by atoms with Gasteiger partial charge in [0.05, 0.1) is 6.10 Å². The first kappa shape index (κ1) is 12.5. The van der Waals surface area contributed by atoms with E-state index in [0.29, 0.717) is 16.3 Å². The van der Waals surface area contributed by atoms with E-state index in [1.807, 2.05) is 6.92 Å². The number of nitrogens with zero attached hydrogens (tertiary/aromatic N) is 1. The lowest BCUT2D eigenvalue weighted by Crippen LogP contribution is -2.47. The molecule has 1 aromatic rings. The number of carbonyl (C=O) groups is 1. The predicted molar refractivity (Wildman–Crippen MR) is 67.8 cm³/mol. The van der Waals surface area contributed by atoms with Crippen molar-refractivity contribution >= 4 is 21.8 Å². The molecule has 92 valence electrons. The smallest absolute Gasteiger partial charge is 0.251 e. The molecule has 0 unspecified atom stereocenters. The van der Waals surface area contributed by atoms with Crippen LogP contribution >= 0.6 is 15.9 Å². The van der Waals surface area contributed by atoms with E-state index in [1.165, 1.54) is 0 Å². The third-order valence-electron chi connectivity index (χ3n) is 2.82. The highest BCUT2D eigenvalue weighted by Gasteiger charge is 2.30. The fraction of sp³-hybridized carbons (Fsp3) is 0.500. The Morgan fingerprint density at radius 1 is 1.65 bits per heavy atom. The molecule has 0 spiro atoms. The molecule has 1 amide bonds. The summed E-state index contributed by atoms with van der Waals surface area (Å²) in [5.74, 6) is -0.0481. The molecule has 2 rings (SSSR count). The summed E-state index contributed by atoms with van der Waals surface area (Å²) in [6.07, 6.45) is 3.75. The SMILES string of the molecule is CCOC1CC(NC(=O)c2ccnc(Br)c2)C1. The summed E-state index contributed by atoms with van der Waals surface area (Å²) in [6.45, 7) is 2.73. The monoisotopic (exact) mass is 298 g/mol. The van der Waals surface area contributed by atoms with Crippen LogP contribution in [0.25, 0.3) is 0 Å². The number of halogens is 1. The maximum absolute atomic E-state index is 11.9. The maximum atomic E-state index is 11.9. The number of hydrogen-bond donors (Lipinski definition) is 1. The summed E-state index contributed by atoms with van der Waals surface area (Å²) in [4.78, 5) is 15.9. The molecular weight excluding hydrogens is 284 g/mol. The quantitative estimate of drug-likeness (QED) is 0.867. The number of rotatable bonds is 4. The summed E-state index contributed by atoms with van der Waals surface area (Å²) in [5.41, 5.74) is 0.631. The number of amides is 1. The summed E-state index contributed by atoms with van der Waals surface area (Å²) in [7, 11) is 0. The number of aromatic nitrogens is 1. The Kier molecular flexibility index (Phi) is 4.12. The largest absolute Gasteiger partial charge is 0.378 e. The zero-order valence-corrected chi connectivity index (χ0v) is 11.2. The van der Waals surface area contributed by atoms with Crippen molar-refractivity contribution in [2.24, 2.45) is 0 Å². The lowest BCUT2D eigenvalue weighted by atomic mass is 9.89. The van der Waals surface area contributed by atoms with Crippen LogP contribution < -0.4 is 5.32 Å². The van der Waals surface area contributed by atoms with Crippen LogP contribution in [-0.4, -0.2) is 29.6 Å². The van der Waals surface area contributed by atoms with Crippen molar-refractivity contribution < 1.29 is 9.53 Å². The van der Waals surface area contributed by atoms with Gasteiger partial charge in [-0.15, -0.1) is 0 Å². The second-order valence-electron chi connectivity index (χ2n) is 4.09. The van der Waals surface area contributed by atoms with Gasteiger partial charge in [0.1, 0.15) is 4.60 Å². The van der Waals surface area contributed by atoms with Crippen LogP contribution in [-0.2, 0) is 4.74 Å². The Balaban J connectivity index is 1.83. The number of ether oxygens (including phenoxy) is 1. The Bertz CT molecular complexity index is 405. The summed E-state index contributed by atoms with van der Waals surface area (Å²) in [6, 6.07) is 3.67. The van der Waals surface area contributed by atoms with Gasteiger partial charge in [0.15, 0.2) is 0 Å². The lowest BCUT2D eigenvalue weighted by Gasteiger charge is -2.35. The molecule has 0 radical (unpaired) electrons. The van der Waals surface area contributed by atoms with Crippen LogP contribution in [0.5, 0.6) is 0 Å². The van der Waals surface area contributed by atoms with Crippen molar-refractivity contribution in [3.05, 3.63) is 28.5 Å². The normalized spacial score (nSPS) is 22.9. The van der Waals surface area contributed by atoms with Gasteiger partial charge < -0.3 is 10.1 Å². The molecule has 1 aliphatic rings. The predicted octanol–water partition coefficient (Wildman–Crippen LogP) is 2.14. The molecular formula is C12H15BrN2O2. The minimum Gasteiger partial charge on any atom is -0.378 e. The van der Waals surface area contributed by atoms with E-state index in [4.69, 9.17) is 4.74 Å². The molecule has 1 aromatic heterocycles. The van der Waals surface area contributed by atoms with E-state index in [9.17, 15) is 4.79 Å². The fourth-order valence-corrected chi connectivity index (χ4v) is 2.23. The Labute approximate surface area is 109 Å². The minimum atomic E-state index is -0.0481. The Morgan fingerprint density at radius 2 is 2.41 bits per heavy atom. The molecule has 1 saturated carbocycles. The molecule has 1 fully saturated rings. The van der Waals surface area contributed by atoms with E-state index in [0.717, 1.165) is 19.4 Å². The summed E-state index contributed by atoms with van der Waals surface area (Å²) >= 11 is 3.25. The molecule has 17 heavy (non-hydrogen) atoms. The van der Waals surface area contributed by atoms with Crippen molar-refractivity contribution in [2.45, 2.75) is 31.9 Å². The van der Waals surface area contributed by atoms with Crippen LogP contribution in [0.15, 0.2) is 22.9 Å². The Morgan fingerprint density at radius 3 is 3.06 bits per heavy atom. The van der Waals surface area contributed by atoms with Gasteiger partial charge in [-0.1, -0.05) is 0 Å². The van der Waals surface area contributed by atoms with Crippen LogP contribution in [0.1, 0.15) is 30.1 Å².